The van der Waals surface area contributed by atoms with Crippen LogP contribution >= 0.6 is 0 Å². The second-order valence-corrected chi connectivity index (χ2v) is 8.68. The van der Waals surface area contributed by atoms with Crippen molar-refractivity contribution >= 4 is 20.1 Å². The van der Waals surface area contributed by atoms with E-state index in [1.165, 1.54) is 13.8 Å². The zero-order chi connectivity index (χ0) is 12.2. The van der Waals surface area contributed by atoms with Crippen molar-refractivity contribution in [3.63, 3.8) is 0 Å². The molecule has 0 unspecified atom stereocenters. The Kier molecular flexibility index (Phi) is 4.74. The molecule has 0 bridgehead atoms. The molecule has 0 aromatic rings. The summed E-state index contributed by atoms with van der Waals surface area (Å²) >= 11 is 0. The van der Waals surface area contributed by atoms with Crippen LogP contribution in [0.3, 0.4) is 0 Å². The first kappa shape index (κ1) is 13.9. The van der Waals surface area contributed by atoms with Gasteiger partial charge < -0.3 is 9.16 Å². The lowest BCUT2D eigenvalue weighted by atomic mass is 10.3. The molecule has 5 heteroatoms. The smallest absolute Gasteiger partial charge is 0.308 e. The van der Waals surface area contributed by atoms with E-state index in [1.807, 2.05) is 19.6 Å². The Hall–Kier alpha value is -1.10. The van der Waals surface area contributed by atoms with Gasteiger partial charge in [-0.05, 0) is 26.6 Å². The zero-order valence-corrected chi connectivity index (χ0v) is 11.1. The van der Waals surface area contributed by atoms with Crippen molar-refractivity contribution in [2.24, 2.45) is 0 Å². The second kappa shape index (κ2) is 5.11. The third kappa shape index (κ3) is 6.06. The van der Waals surface area contributed by atoms with Gasteiger partial charge in [-0.25, -0.2) is 0 Å². The zero-order valence-electron chi connectivity index (χ0n) is 10.1. The van der Waals surface area contributed by atoms with E-state index in [0.717, 1.165) is 0 Å². The molecule has 0 aliphatic rings. The molecule has 15 heavy (non-hydrogen) atoms. The van der Waals surface area contributed by atoms with Crippen molar-refractivity contribution < 1.29 is 18.8 Å². The summed E-state index contributed by atoms with van der Waals surface area (Å²) in [5.41, 5.74) is 0. The molecule has 0 saturated carbocycles. The molecular formula is C10H18O4Si. The predicted octanol–water partition coefficient (Wildman–Crippen LogP) is 2.22. The molecule has 0 rings (SSSR count). The lowest BCUT2D eigenvalue weighted by Gasteiger charge is -2.20. The number of carbonyl (C=O) groups is 2. The van der Waals surface area contributed by atoms with Crippen LogP contribution in [0.5, 0.6) is 0 Å². The van der Waals surface area contributed by atoms with E-state index < -0.39 is 14.3 Å². The SMILES string of the molecule is CC(=O)O/C(C(C)=O)=C(\C)O[Si](C)(C)C. The van der Waals surface area contributed by atoms with Crippen LogP contribution in [0.2, 0.25) is 19.6 Å². The molecule has 0 N–H and O–H groups in total. The van der Waals surface area contributed by atoms with E-state index in [1.54, 1.807) is 6.92 Å². The number of hydrogen-bond donors (Lipinski definition) is 0. The first-order valence-electron chi connectivity index (χ1n) is 4.72. The molecule has 0 aliphatic heterocycles. The number of hydrogen-bond acceptors (Lipinski definition) is 4. The van der Waals surface area contributed by atoms with Gasteiger partial charge in [0.1, 0.15) is 5.76 Å². The number of ether oxygens (including phenoxy) is 1. The molecule has 0 spiro atoms. The van der Waals surface area contributed by atoms with Crippen LogP contribution < -0.4 is 0 Å². The molecular weight excluding hydrogens is 212 g/mol. The highest BCUT2D eigenvalue weighted by molar-refractivity contribution is 6.70. The summed E-state index contributed by atoms with van der Waals surface area (Å²) in [5, 5.41) is 0. The highest BCUT2D eigenvalue weighted by atomic mass is 28.4. The quantitative estimate of drug-likeness (QED) is 0.321. The minimum absolute atomic E-state index is 0.00456. The van der Waals surface area contributed by atoms with E-state index >= 15 is 0 Å². The Morgan fingerprint density at radius 3 is 1.73 bits per heavy atom. The molecule has 0 fully saturated rings. The lowest BCUT2D eigenvalue weighted by molar-refractivity contribution is -0.140. The van der Waals surface area contributed by atoms with Crippen LogP contribution in [0, 0.1) is 0 Å². The van der Waals surface area contributed by atoms with E-state index in [2.05, 4.69) is 0 Å². The van der Waals surface area contributed by atoms with Crippen LogP contribution in [0.15, 0.2) is 11.5 Å². The molecule has 0 aromatic carbocycles. The summed E-state index contributed by atoms with van der Waals surface area (Å²) < 4.78 is 10.4. The van der Waals surface area contributed by atoms with E-state index in [0.29, 0.717) is 5.76 Å². The Balaban J connectivity index is 4.93. The van der Waals surface area contributed by atoms with E-state index in [9.17, 15) is 9.59 Å². The molecule has 86 valence electrons. The van der Waals surface area contributed by atoms with Gasteiger partial charge in [-0.1, -0.05) is 0 Å². The van der Waals surface area contributed by atoms with Gasteiger partial charge in [0.05, 0.1) is 0 Å². The first-order chi connectivity index (χ1) is 6.63. The average Bonchev–Trinajstić information content (AvgIpc) is 1.95. The van der Waals surface area contributed by atoms with Crippen LogP contribution in [0.25, 0.3) is 0 Å². The van der Waals surface area contributed by atoms with Crippen molar-refractivity contribution in [1.82, 2.24) is 0 Å². The maximum absolute atomic E-state index is 11.2. The van der Waals surface area contributed by atoms with Gasteiger partial charge in [-0.15, -0.1) is 0 Å². The Bertz CT molecular complexity index is 299. The van der Waals surface area contributed by atoms with Crippen LogP contribution in [0.4, 0.5) is 0 Å². The summed E-state index contributed by atoms with van der Waals surface area (Å²) in [7, 11) is -1.78. The van der Waals surface area contributed by atoms with Crippen molar-refractivity contribution in [3.05, 3.63) is 11.5 Å². The van der Waals surface area contributed by atoms with Crippen LogP contribution in [0.1, 0.15) is 20.8 Å². The fourth-order valence-corrected chi connectivity index (χ4v) is 2.05. The van der Waals surface area contributed by atoms with E-state index in [-0.39, 0.29) is 11.5 Å². The molecule has 0 aromatic heterocycles. The molecule has 0 heterocycles. The topological polar surface area (TPSA) is 52.6 Å². The van der Waals surface area contributed by atoms with Gasteiger partial charge in [0.15, 0.2) is 5.78 Å². The van der Waals surface area contributed by atoms with Gasteiger partial charge in [-0.2, -0.15) is 0 Å². The minimum atomic E-state index is -1.78. The largest absolute Gasteiger partial charge is 0.545 e. The summed E-state index contributed by atoms with van der Waals surface area (Å²) in [5.74, 6) is -0.429. The average molecular weight is 230 g/mol. The summed E-state index contributed by atoms with van der Waals surface area (Å²) in [6.45, 7) is 10.2. The standard InChI is InChI=1S/C10H18O4Si/c1-7(11)10(13-9(3)12)8(2)14-15(4,5)6/h1-6H3/b10-8+. The third-order valence-electron chi connectivity index (χ3n) is 1.34. The Morgan fingerprint density at radius 2 is 1.47 bits per heavy atom. The van der Waals surface area contributed by atoms with E-state index in [4.69, 9.17) is 9.16 Å². The molecule has 0 aliphatic carbocycles. The summed E-state index contributed by atoms with van der Waals surface area (Å²) in [6, 6.07) is 0. The highest BCUT2D eigenvalue weighted by Gasteiger charge is 2.21. The van der Waals surface area contributed by atoms with Crippen molar-refractivity contribution in [2.75, 3.05) is 0 Å². The number of esters is 1. The normalized spacial score (nSPS) is 12.9. The van der Waals surface area contributed by atoms with Crippen LogP contribution in [-0.2, 0) is 18.8 Å². The second-order valence-electron chi connectivity index (χ2n) is 4.25. The maximum atomic E-state index is 11.2. The summed E-state index contributed by atoms with van der Waals surface area (Å²) in [4.78, 5) is 22.0. The van der Waals surface area contributed by atoms with Crippen LogP contribution in [-0.4, -0.2) is 20.1 Å². The number of Topliss-reactive ketones (excluding diaryl/α,β-unsaturated/α-hetero) is 1. The van der Waals surface area contributed by atoms with Crippen molar-refractivity contribution in [2.45, 2.75) is 40.4 Å². The number of rotatable bonds is 4. The Morgan fingerprint density at radius 1 is 1.00 bits per heavy atom. The highest BCUT2D eigenvalue weighted by Crippen LogP contribution is 2.15. The maximum Gasteiger partial charge on any atom is 0.308 e. The molecule has 0 atom stereocenters. The van der Waals surface area contributed by atoms with Gasteiger partial charge >= 0.3 is 5.97 Å². The fraction of sp³-hybridized carbons (Fsp3) is 0.600. The third-order valence-corrected chi connectivity index (χ3v) is 2.26. The first-order valence-corrected chi connectivity index (χ1v) is 8.13. The molecule has 0 amide bonds. The van der Waals surface area contributed by atoms with Gasteiger partial charge in [0.25, 0.3) is 0 Å². The minimum Gasteiger partial charge on any atom is -0.545 e. The Labute approximate surface area is 91.4 Å². The number of carbonyl (C=O) groups excluding carboxylic acids is 2. The van der Waals surface area contributed by atoms with Crippen molar-refractivity contribution in [1.29, 1.82) is 0 Å². The molecule has 0 radical (unpaired) electrons. The van der Waals surface area contributed by atoms with Gasteiger partial charge in [0, 0.05) is 13.8 Å². The van der Waals surface area contributed by atoms with Gasteiger partial charge in [-0.3, -0.25) is 9.59 Å². The lowest BCUT2D eigenvalue weighted by Crippen LogP contribution is -2.26. The monoisotopic (exact) mass is 230 g/mol. The number of allylic oxidation sites excluding steroid dienone is 2. The number of ketones is 1. The fourth-order valence-electron chi connectivity index (χ4n) is 1.04. The van der Waals surface area contributed by atoms with Gasteiger partial charge in [0.2, 0.25) is 14.1 Å². The molecule has 0 saturated heterocycles. The predicted molar refractivity (Wildman–Crippen MR) is 59.6 cm³/mol. The summed E-state index contributed by atoms with van der Waals surface area (Å²) in [6.07, 6.45) is 0. The molecule has 4 nitrogen and oxygen atoms in total. The van der Waals surface area contributed by atoms with Crippen molar-refractivity contribution in [3.8, 4) is 0 Å².